The highest BCUT2D eigenvalue weighted by Gasteiger charge is 2.38. The Bertz CT molecular complexity index is 498. The molecule has 1 aliphatic carbocycles. The van der Waals surface area contributed by atoms with Crippen LogP contribution in [0.15, 0.2) is 24.4 Å². The molecule has 3 rings (SSSR count). The zero-order chi connectivity index (χ0) is 15.5. The molecule has 4 heteroatoms. The normalized spacial score (nSPS) is 23.4. The van der Waals surface area contributed by atoms with Crippen LogP contribution in [-0.4, -0.2) is 28.5 Å². The van der Waals surface area contributed by atoms with E-state index >= 15 is 0 Å². The van der Waals surface area contributed by atoms with Gasteiger partial charge in [-0.3, -0.25) is 4.98 Å². The lowest BCUT2D eigenvalue weighted by Crippen LogP contribution is -2.48. The van der Waals surface area contributed by atoms with Crippen LogP contribution in [-0.2, 0) is 0 Å². The van der Waals surface area contributed by atoms with Gasteiger partial charge in [0, 0.05) is 18.8 Å². The van der Waals surface area contributed by atoms with Crippen LogP contribution in [0.25, 0.3) is 0 Å². The first kappa shape index (κ1) is 15.3. The van der Waals surface area contributed by atoms with E-state index in [4.69, 9.17) is 0 Å². The van der Waals surface area contributed by atoms with Crippen LogP contribution < -0.4 is 5.32 Å². The summed E-state index contributed by atoms with van der Waals surface area (Å²) in [6.45, 7) is 5.17. The molecule has 0 radical (unpaired) electrons. The Hall–Kier alpha value is -1.58. The molecule has 120 valence electrons. The number of rotatable bonds is 4. The van der Waals surface area contributed by atoms with Gasteiger partial charge in [-0.1, -0.05) is 26.3 Å². The lowest BCUT2D eigenvalue weighted by Gasteiger charge is -2.37. The summed E-state index contributed by atoms with van der Waals surface area (Å²) in [6, 6.07) is 6.44. The number of nitrogens with zero attached hydrogens (tertiary/aromatic N) is 2. The number of amides is 2. The zero-order valence-corrected chi connectivity index (χ0v) is 13.7. The quantitative estimate of drug-likeness (QED) is 0.920. The van der Waals surface area contributed by atoms with E-state index in [1.165, 1.54) is 25.7 Å². The lowest BCUT2D eigenvalue weighted by molar-refractivity contribution is 0.135. The number of carbonyl (C=O) groups excluding carboxylic acids is 1. The van der Waals surface area contributed by atoms with Gasteiger partial charge in [-0.25, -0.2) is 4.79 Å². The van der Waals surface area contributed by atoms with Crippen molar-refractivity contribution in [2.75, 3.05) is 6.54 Å². The highest BCUT2D eigenvalue weighted by Crippen LogP contribution is 2.37. The van der Waals surface area contributed by atoms with Crippen molar-refractivity contribution < 1.29 is 4.79 Å². The predicted octanol–water partition coefficient (Wildman–Crippen LogP) is 3.75. The van der Waals surface area contributed by atoms with E-state index < -0.39 is 0 Å². The molecule has 2 atom stereocenters. The summed E-state index contributed by atoms with van der Waals surface area (Å²) in [6.07, 6.45) is 8.03. The van der Waals surface area contributed by atoms with Gasteiger partial charge < -0.3 is 10.2 Å². The second-order valence-corrected chi connectivity index (χ2v) is 7.02. The fourth-order valence-electron chi connectivity index (χ4n) is 3.72. The van der Waals surface area contributed by atoms with Crippen LogP contribution in [0.4, 0.5) is 4.79 Å². The lowest BCUT2D eigenvalue weighted by atomic mass is 9.79. The van der Waals surface area contributed by atoms with E-state index in [2.05, 4.69) is 29.0 Å². The van der Waals surface area contributed by atoms with Crippen molar-refractivity contribution in [2.24, 2.45) is 11.8 Å². The highest BCUT2D eigenvalue weighted by molar-refractivity contribution is 5.75. The Morgan fingerprint density at radius 2 is 2.09 bits per heavy atom. The predicted molar refractivity (Wildman–Crippen MR) is 87.4 cm³/mol. The van der Waals surface area contributed by atoms with Crippen LogP contribution in [0.1, 0.15) is 57.7 Å². The van der Waals surface area contributed by atoms with Crippen molar-refractivity contribution >= 4 is 6.03 Å². The van der Waals surface area contributed by atoms with Crippen LogP contribution in [0, 0.1) is 11.8 Å². The largest absolute Gasteiger partial charge is 0.329 e. The molecule has 1 saturated heterocycles. The van der Waals surface area contributed by atoms with Gasteiger partial charge >= 0.3 is 6.03 Å². The summed E-state index contributed by atoms with van der Waals surface area (Å²) >= 11 is 0. The van der Waals surface area contributed by atoms with E-state index in [-0.39, 0.29) is 12.1 Å². The smallest absolute Gasteiger partial charge is 0.318 e. The second-order valence-electron chi connectivity index (χ2n) is 7.02. The molecule has 1 aromatic rings. The number of hydrogen-bond acceptors (Lipinski definition) is 2. The zero-order valence-electron chi connectivity index (χ0n) is 13.7. The minimum Gasteiger partial charge on any atom is -0.329 e. The van der Waals surface area contributed by atoms with Crippen molar-refractivity contribution in [1.82, 2.24) is 15.2 Å². The van der Waals surface area contributed by atoms with Crippen molar-refractivity contribution in [3.8, 4) is 0 Å². The maximum absolute atomic E-state index is 12.8. The third kappa shape index (κ3) is 3.11. The highest BCUT2D eigenvalue weighted by atomic mass is 16.2. The molecule has 4 nitrogen and oxygen atoms in total. The minimum absolute atomic E-state index is 0.0173. The van der Waals surface area contributed by atoms with Crippen molar-refractivity contribution in [1.29, 1.82) is 0 Å². The fraction of sp³-hybridized carbons (Fsp3) is 0.667. The SMILES string of the molecule is CC(C)[C@H](NC(=O)N1CCC[C@H]1C1CCC1)c1ccccn1. The van der Waals surface area contributed by atoms with Crippen LogP contribution in [0.5, 0.6) is 0 Å². The van der Waals surface area contributed by atoms with Crippen LogP contribution in [0.3, 0.4) is 0 Å². The van der Waals surface area contributed by atoms with E-state index in [0.717, 1.165) is 24.6 Å². The third-order valence-corrected chi connectivity index (χ3v) is 5.21. The van der Waals surface area contributed by atoms with Gasteiger partial charge in [0.1, 0.15) is 0 Å². The molecule has 1 saturated carbocycles. The monoisotopic (exact) mass is 301 g/mol. The van der Waals surface area contributed by atoms with Crippen molar-refractivity contribution in [2.45, 2.75) is 58.0 Å². The first-order valence-corrected chi connectivity index (χ1v) is 8.65. The first-order chi connectivity index (χ1) is 10.7. The molecule has 2 aliphatic rings. The average molecular weight is 301 g/mol. The Labute approximate surface area is 133 Å². The average Bonchev–Trinajstić information content (AvgIpc) is 2.92. The number of urea groups is 1. The van der Waals surface area contributed by atoms with Gasteiger partial charge in [0.25, 0.3) is 0 Å². The maximum Gasteiger partial charge on any atom is 0.318 e. The molecule has 22 heavy (non-hydrogen) atoms. The second kappa shape index (κ2) is 6.67. The number of hydrogen-bond donors (Lipinski definition) is 1. The number of pyridine rings is 1. The topological polar surface area (TPSA) is 45.2 Å². The van der Waals surface area contributed by atoms with Gasteiger partial charge in [0.2, 0.25) is 0 Å². The third-order valence-electron chi connectivity index (χ3n) is 5.21. The molecule has 1 N–H and O–H groups in total. The van der Waals surface area contributed by atoms with E-state index in [9.17, 15) is 4.79 Å². The van der Waals surface area contributed by atoms with Gasteiger partial charge in [0.15, 0.2) is 0 Å². The molecule has 1 aliphatic heterocycles. The number of nitrogens with one attached hydrogen (secondary N) is 1. The molecular formula is C18H27N3O. The Morgan fingerprint density at radius 1 is 1.27 bits per heavy atom. The van der Waals surface area contributed by atoms with E-state index in [1.807, 2.05) is 18.2 Å². The minimum atomic E-state index is -0.0173. The van der Waals surface area contributed by atoms with Gasteiger partial charge in [-0.2, -0.15) is 0 Å². The molecule has 0 bridgehead atoms. The number of aromatic nitrogens is 1. The Balaban J connectivity index is 1.68. The van der Waals surface area contributed by atoms with Crippen LogP contribution in [0.2, 0.25) is 0 Å². The fourth-order valence-corrected chi connectivity index (χ4v) is 3.72. The van der Waals surface area contributed by atoms with Gasteiger partial charge in [0.05, 0.1) is 11.7 Å². The van der Waals surface area contributed by atoms with Gasteiger partial charge in [-0.15, -0.1) is 0 Å². The van der Waals surface area contributed by atoms with E-state index in [1.54, 1.807) is 6.20 Å². The van der Waals surface area contributed by atoms with Crippen LogP contribution >= 0.6 is 0 Å². The molecule has 2 heterocycles. The summed E-state index contributed by atoms with van der Waals surface area (Å²) in [5.41, 5.74) is 0.949. The van der Waals surface area contributed by atoms with Crippen molar-refractivity contribution in [3.63, 3.8) is 0 Å². The Morgan fingerprint density at radius 3 is 2.68 bits per heavy atom. The molecule has 1 aromatic heterocycles. The number of carbonyl (C=O) groups is 1. The first-order valence-electron chi connectivity index (χ1n) is 8.65. The number of likely N-dealkylation sites (tertiary alicyclic amines) is 1. The Kier molecular flexibility index (Phi) is 4.65. The van der Waals surface area contributed by atoms with E-state index in [0.29, 0.717) is 12.0 Å². The molecule has 0 aromatic carbocycles. The molecular weight excluding hydrogens is 274 g/mol. The molecule has 2 fully saturated rings. The maximum atomic E-state index is 12.8. The summed E-state index contributed by atoms with van der Waals surface area (Å²) in [5.74, 6) is 1.06. The van der Waals surface area contributed by atoms with Crippen molar-refractivity contribution in [3.05, 3.63) is 30.1 Å². The molecule has 2 amide bonds. The summed E-state index contributed by atoms with van der Waals surface area (Å²) in [5, 5.41) is 3.23. The summed E-state index contributed by atoms with van der Waals surface area (Å²) in [7, 11) is 0. The summed E-state index contributed by atoms with van der Waals surface area (Å²) < 4.78 is 0. The molecule has 0 spiro atoms. The molecule has 0 unspecified atom stereocenters. The summed E-state index contributed by atoms with van der Waals surface area (Å²) in [4.78, 5) is 19.3. The van der Waals surface area contributed by atoms with Gasteiger partial charge in [-0.05, 0) is 49.7 Å². The standard InChI is InChI=1S/C18H27N3O/c1-13(2)17(15-9-3-4-11-19-15)20-18(22)21-12-6-10-16(21)14-7-5-8-14/h3-4,9,11,13-14,16-17H,5-8,10,12H2,1-2H3,(H,20,22)/t16-,17-/m0/s1.